The number of carboxylic acid groups (broad SMARTS) is 1. The lowest BCUT2D eigenvalue weighted by Gasteiger charge is -2.28. The monoisotopic (exact) mass is 322 g/mol. The van der Waals surface area contributed by atoms with Gasteiger partial charge in [0.1, 0.15) is 15.9 Å². The highest BCUT2D eigenvalue weighted by Gasteiger charge is 2.25. The van der Waals surface area contributed by atoms with E-state index < -0.39 is 27.9 Å². The molecule has 0 saturated carbocycles. The molecule has 0 aromatic rings. The first-order chi connectivity index (χ1) is 9.44. The van der Waals surface area contributed by atoms with Crippen molar-refractivity contribution in [3.05, 3.63) is 0 Å². The number of amides is 2. The lowest BCUT2D eigenvalue weighted by molar-refractivity contribution is -0.139. The molecule has 2 amide bonds. The van der Waals surface area contributed by atoms with Crippen LogP contribution in [-0.2, 0) is 14.6 Å². The molecule has 0 saturated heterocycles. The molecule has 8 heteroatoms. The van der Waals surface area contributed by atoms with Gasteiger partial charge in [-0.3, -0.25) is 0 Å². The lowest BCUT2D eigenvalue weighted by atomic mass is 10.0. The van der Waals surface area contributed by atoms with Crippen molar-refractivity contribution in [3.63, 3.8) is 0 Å². The van der Waals surface area contributed by atoms with Crippen LogP contribution in [0.15, 0.2) is 0 Å². The minimum atomic E-state index is -3.27. The fraction of sp³-hybridized carbons (Fsp3) is 0.846. The Morgan fingerprint density at radius 2 is 1.76 bits per heavy atom. The molecule has 0 fully saturated rings. The van der Waals surface area contributed by atoms with Gasteiger partial charge in [0.25, 0.3) is 0 Å². The van der Waals surface area contributed by atoms with Gasteiger partial charge in [0.05, 0.1) is 5.75 Å². The summed E-state index contributed by atoms with van der Waals surface area (Å²) in [5, 5.41) is 11.4. The van der Waals surface area contributed by atoms with Crippen LogP contribution in [0.3, 0.4) is 0 Å². The first kappa shape index (κ1) is 19.7. The molecule has 0 aromatic heterocycles. The third kappa shape index (κ3) is 8.54. The van der Waals surface area contributed by atoms with Gasteiger partial charge in [-0.1, -0.05) is 13.8 Å². The zero-order valence-electron chi connectivity index (χ0n) is 13.3. The molecule has 0 aromatic carbocycles. The number of nitrogens with zero attached hydrogens (tertiary/aromatic N) is 1. The van der Waals surface area contributed by atoms with Crippen molar-refractivity contribution < 1.29 is 23.1 Å². The van der Waals surface area contributed by atoms with Gasteiger partial charge in [-0.2, -0.15) is 0 Å². The zero-order valence-corrected chi connectivity index (χ0v) is 14.1. The average molecular weight is 322 g/mol. The SMILES string of the molecule is CC(C)CC(C)N(C)C(=O)NC(CCS(C)(=O)=O)C(=O)O. The summed E-state index contributed by atoms with van der Waals surface area (Å²) in [5.41, 5.74) is 0. The fourth-order valence-electron chi connectivity index (χ4n) is 1.88. The molecule has 0 spiro atoms. The molecule has 21 heavy (non-hydrogen) atoms. The molecule has 0 bridgehead atoms. The molecule has 0 heterocycles. The molecule has 2 unspecified atom stereocenters. The molecular weight excluding hydrogens is 296 g/mol. The van der Waals surface area contributed by atoms with Gasteiger partial charge in [0.15, 0.2) is 0 Å². The average Bonchev–Trinajstić information content (AvgIpc) is 2.30. The second kappa shape index (κ2) is 8.21. The van der Waals surface area contributed by atoms with Gasteiger partial charge in [-0.05, 0) is 25.7 Å². The van der Waals surface area contributed by atoms with Gasteiger partial charge in [0, 0.05) is 19.3 Å². The Balaban J connectivity index is 4.64. The van der Waals surface area contributed by atoms with Crippen molar-refractivity contribution in [1.29, 1.82) is 0 Å². The summed E-state index contributed by atoms with van der Waals surface area (Å²) in [7, 11) is -1.67. The van der Waals surface area contributed by atoms with Crippen LogP contribution in [-0.4, -0.2) is 61.6 Å². The van der Waals surface area contributed by atoms with Gasteiger partial charge in [0.2, 0.25) is 0 Å². The molecule has 0 radical (unpaired) electrons. The Morgan fingerprint density at radius 1 is 1.24 bits per heavy atom. The van der Waals surface area contributed by atoms with E-state index in [1.165, 1.54) is 4.90 Å². The number of aliphatic carboxylic acids is 1. The Labute approximate surface area is 126 Å². The van der Waals surface area contributed by atoms with E-state index in [0.717, 1.165) is 12.7 Å². The van der Waals surface area contributed by atoms with Crippen molar-refractivity contribution in [3.8, 4) is 0 Å². The molecular formula is C13H26N2O5S. The number of carbonyl (C=O) groups excluding carboxylic acids is 1. The molecule has 0 aliphatic heterocycles. The van der Waals surface area contributed by atoms with Crippen LogP contribution in [0, 0.1) is 5.92 Å². The summed E-state index contributed by atoms with van der Waals surface area (Å²) >= 11 is 0. The number of hydrogen-bond donors (Lipinski definition) is 2. The largest absolute Gasteiger partial charge is 0.480 e. The van der Waals surface area contributed by atoms with Crippen LogP contribution in [0.1, 0.15) is 33.6 Å². The molecule has 2 N–H and O–H groups in total. The van der Waals surface area contributed by atoms with E-state index in [4.69, 9.17) is 5.11 Å². The number of carbonyl (C=O) groups is 2. The quantitative estimate of drug-likeness (QED) is 0.692. The summed E-state index contributed by atoms with van der Waals surface area (Å²) in [6, 6.07) is -1.75. The number of nitrogens with one attached hydrogen (secondary N) is 1. The predicted molar refractivity (Wildman–Crippen MR) is 81.0 cm³/mol. The molecule has 124 valence electrons. The second-order valence-corrected chi connectivity index (χ2v) is 8.11. The first-order valence-electron chi connectivity index (χ1n) is 6.88. The Bertz CT molecular complexity index is 461. The normalized spacial score (nSPS) is 14.6. The second-order valence-electron chi connectivity index (χ2n) is 5.85. The van der Waals surface area contributed by atoms with E-state index in [9.17, 15) is 18.0 Å². The van der Waals surface area contributed by atoms with E-state index in [2.05, 4.69) is 5.32 Å². The lowest BCUT2D eigenvalue weighted by Crippen LogP contribution is -2.49. The van der Waals surface area contributed by atoms with Crippen LogP contribution >= 0.6 is 0 Å². The topological polar surface area (TPSA) is 104 Å². The van der Waals surface area contributed by atoms with Gasteiger partial charge < -0.3 is 15.3 Å². The smallest absolute Gasteiger partial charge is 0.326 e. The molecule has 2 atom stereocenters. The minimum Gasteiger partial charge on any atom is -0.480 e. The third-order valence-corrected chi connectivity index (χ3v) is 4.14. The maximum atomic E-state index is 12.0. The van der Waals surface area contributed by atoms with Crippen molar-refractivity contribution in [2.45, 2.75) is 45.7 Å². The Morgan fingerprint density at radius 3 is 2.14 bits per heavy atom. The van der Waals surface area contributed by atoms with Crippen molar-refractivity contribution in [2.24, 2.45) is 5.92 Å². The van der Waals surface area contributed by atoms with E-state index >= 15 is 0 Å². The predicted octanol–water partition coefficient (Wildman–Crippen LogP) is 0.950. The Kier molecular flexibility index (Phi) is 7.70. The molecule has 0 aliphatic rings. The van der Waals surface area contributed by atoms with E-state index in [1.807, 2.05) is 20.8 Å². The highest BCUT2D eigenvalue weighted by atomic mass is 32.2. The molecule has 0 aliphatic carbocycles. The zero-order chi connectivity index (χ0) is 16.8. The molecule has 7 nitrogen and oxygen atoms in total. The summed E-state index contributed by atoms with van der Waals surface area (Å²) in [5.74, 6) is -1.11. The van der Waals surface area contributed by atoms with Crippen LogP contribution < -0.4 is 5.32 Å². The van der Waals surface area contributed by atoms with E-state index in [1.54, 1.807) is 7.05 Å². The van der Waals surface area contributed by atoms with Gasteiger partial charge in [-0.15, -0.1) is 0 Å². The maximum absolute atomic E-state index is 12.0. The van der Waals surface area contributed by atoms with Crippen LogP contribution in [0.2, 0.25) is 0 Å². The number of rotatable bonds is 8. The summed E-state index contributed by atoms with van der Waals surface area (Å²) in [6.45, 7) is 5.95. The minimum absolute atomic E-state index is 0.0330. The fourth-order valence-corrected chi connectivity index (χ4v) is 2.54. The van der Waals surface area contributed by atoms with Crippen molar-refractivity contribution in [2.75, 3.05) is 19.1 Å². The van der Waals surface area contributed by atoms with Crippen LogP contribution in [0.4, 0.5) is 4.79 Å². The van der Waals surface area contributed by atoms with E-state index in [0.29, 0.717) is 5.92 Å². The summed E-state index contributed by atoms with van der Waals surface area (Å²) < 4.78 is 22.2. The molecule has 0 rings (SSSR count). The highest BCUT2D eigenvalue weighted by Crippen LogP contribution is 2.10. The highest BCUT2D eigenvalue weighted by molar-refractivity contribution is 7.90. The maximum Gasteiger partial charge on any atom is 0.326 e. The van der Waals surface area contributed by atoms with Crippen molar-refractivity contribution >= 4 is 21.8 Å². The number of hydrogen-bond acceptors (Lipinski definition) is 4. The standard InChI is InChI=1S/C13H26N2O5S/c1-9(2)8-10(3)15(4)13(18)14-11(12(16)17)6-7-21(5,19)20/h9-11H,6-8H2,1-5H3,(H,14,18)(H,16,17). The Hall–Kier alpha value is -1.31. The summed E-state index contributed by atoms with van der Waals surface area (Å²) in [4.78, 5) is 24.5. The third-order valence-electron chi connectivity index (χ3n) is 3.17. The van der Waals surface area contributed by atoms with E-state index in [-0.39, 0.29) is 18.2 Å². The van der Waals surface area contributed by atoms with Gasteiger partial charge >= 0.3 is 12.0 Å². The number of urea groups is 1. The summed E-state index contributed by atoms with van der Waals surface area (Å²) in [6.07, 6.45) is 1.68. The van der Waals surface area contributed by atoms with Gasteiger partial charge in [-0.25, -0.2) is 18.0 Å². The van der Waals surface area contributed by atoms with Crippen molar-refractivity contribution in [1.82, 2.24) is 10.2 Å². The number of carboxylic acids is 1. The first-order valence-corrected chi connectivity index (χ1v) is 8.94. The van der Waals surface area contributed by atoms with Crippen LogP contribution in [0.5, 0.6) is 0 Å². The van der Waals surface area contributed by atoms with Crippen LogP contribution in [0.25, 0.3) is 0 Å². The number of sulfone groups is 1.